The molecule has 0 heterocycles. The van der Waals surface area contributed by atoms with Crippen LogP contribution in [0, 0.1) is 11.3 Å². The Balaban J connectivity index is 1.98. The number of hydrogen-bond donors (Lipinski definition) is 3. The van der Waals surface area contributed by atoms with Crippen LogP contribution in [-0.2, 0) is 0 Å². The lowest BCUT2D eigenvalue weighted by Crippen LogP contribution is -2.43. The molecule has 0 aliphatic rings. The highest BCUT2D eigenvalue weighted by Gasteiger charge is 2.20. The summed E-state index contributed by atoms with van der Waals surface area (Å²) in [4.78, 5) is 12.1. The molecule has 0 unspecified atom stereocenters. The van der Waals surface area contributed by atoms with Crippen LogP contribution in [0.2, 0.25) is 0 Å². The zero-order chi connectivity index (χ0) is 16.7. The first kappa shape index (κ1) is 16.5. The lowest BCUT2D eigenvalue weighted by molar-refractivity contribution is 0.215. The van der Waals surface area contributed by atoms with Crippen molar-refractivity contribution in [3.8, 4) is 6.07 Å². The molecule has 23 heavy (non-hydrogen) atoms. The van der Waals surface area contributed by atoms with Crippen LogP contribution < -0.4 is 10.6 Å². The second kappa shape index (κ2) is 7.97. The van der Waals surface area contributed by atoms with Gasteiger partial charge >= 0.3 is 6.03 Å². The zero-order valence-electron chi connectivity index (χ0n) is 12.9. The molecule has 2 aromatic rings. The molecular formula is C18H19N3O2. The zero-order valence-corrected chi connectivity index (χ0v) is 12.9. The Labute approximate surface area is 135 Å². The summed E-state index contributed by atoms with van der Waals surface area (Å²) < 4.78 is 0. The molecule has 0 aliphatic heterocycles. The smallest absolute Gasteiger partial charge is 0.319 e. The lowest BCUT2D eigenvalue weighted by atomic mass is 9.94. The highest BCUT2D eigenvalue weighted by molar-refractivity contribution is 5.89. The summed E-state index contributed by atoms with van der Waals surface area (Å²) in [5.41, 5.74) is 2.16. The Morgan fingerprint density at radius 3 is 2.39 bits per heavy atom. The number of amides is 2. The van der Waals surface area contributed by atoms with E-state index < -0.39 is 12.1 Å². The van der Waals surface area contributed by atoms with Crippen LogP contribution in [0.25, 0.3) is 0 Å². The molecule has 2 aromatic carbocycles. The average molecular weight is 309 g/mol. The van der Waals surface area contributed by atoms with E-state index in [0.717, 1.165) is 5.56 Å². The summed E-state index contributed by atoms with van der Waals surface area (Å²) in [6, 6.07) is 17.5. The van der Waals surface area contributed by atoms with Crippen LogP contribution in [0.15, 0.2) is 54.6 Å². The van der Waals surface area contributed by atoms with Crippen molar-refractivity contribution in [2.75, 3.05) is 11.9 Å². The minimum absolute atomic E-state index is 0.0204. The standard InChI is InChI=1S/C18H19N3O2/c1-13(15-5-3-2-4-6-15)17(12-22)21-18(23)20-16-9-7-14(11-19)8-10-16/h2-10,13,17,22H,12H2,1H3,(H2,20,21,23)/t13-,17+/m1/s1. The molecule has 0 bridgehead atoms. The minimum Gasteiger partial charge on any atom is -0.394 e. The van der Waals surface area contributed by atoms with Crippen molar-refractivity contribution < 1.29 is 9.90 Å². The van der Waals surface area contributed by atoms with Crippen LogP contribution in [0.3, 0.4) is 0 Å². The first-order valence-electron chi connectivity index (χ1n) is 7.37. The minimum atomic E-state index is -0.393. The van der Waals surface area contributed by atoms with Gasteiger partial charge in [-0.3, -0.25) is 0 Å². The third-order valence-electron chi connectivity index (χ3n) is 3.71. The van der Waals surface area contributed by atoms with Crippen LogP contribution in [0.1, 0.15) is 24.0 Å². The number of urea groups is 1. The number of carbonyl (C=O) groups excluding carboxylic acids is 1. The number of aliphatic hydroxyl groups excluding tert-OH is 1. The summed E-state index contributed by atoms with van der Waals surface area (Å²) in [6.07, 6.45) is 0. The molecule has 0 spiro atoms. The third-order valence-corrected chi connectivity index (χ3v) is 3.71. The van der Waals surface area contributed by atoms with Crippen molar-refractivity contribution in [3.63, 3.8) is 0 Å². The van der Waals surface area contributed by atoms with Crippen LogP contribution in [-0.4, -0.2) is 23.8 Å². The molecule has 2 amide bonds. The van der Waals surface area contributed by atoms with E-state index in [2.05, 4.69) is 10.6 Å². The van der Waals surface area contributed by atoms with E-state index in [1.54, 1.807) is 24.3 Å². The fourth-order valence-corrected chi connectivity index (χ4v) is 2.28. The number of carbonyl (C=O) groups is 1. The maximum absolute atomic E-state index is 12.1. The Kier molecular flexibility index (Phi) is 5.73. The Morgan fingerprint density at radius 2 is 1.83 bits per heavy atom. The van der Waals surface area contributed by atoms with Crippen molar-refractivity contribution in [2.24, 2.45) is 0 Å². The SMILES string of the molecule is C[C@H](c1ccccc1)[C@H](CO)NC(=O)Nc1ccc(C#N)cc1. The van der Waals surface area contributed by atoms with E-state index >= 15 is 0 Å². The van der Waals surface area contributed by atoms with Crippen LogP contribution in [0.5, 0.6) is 0 Å². The molecule has 0 aromatic heterocycles. The van der Waals surface area contributed by atoms with Gasteiger partial charge in [0.15, 0.2) is 0 Å². The van der Waals surface area contributed by atoms with Gasteiger partial charge in [0.2, 0.25) is 0 Å². The number of aliphatic hydroxyl groups is 1. The number of nitrogens with one attached hydrogen (secondary N) is 2. The summed E-state index contributed by atoms with van der Waals surface area (Å²) in [6.45, 7) is 1.80. The number of hydrogen-bond acceptors (Lipinski definition) is 3. The topological polar surface area (TPSA) is 85.2 Å². The highest BCUT2D eigenvalue weighted by Crippen LogP contribution is 2.19. The van der Waals surface area contributed by atoms with Crippen molar-refractivity contribution in [1.82, 2.24) is 5.32 Å². The molecule has 3 N–H and O–H groups in total. The number of nitriles is 1. The highest BCUT2D eigenvalue weighted by atomic mass is 16.3. The van der Waals surface area contributed by atoms with E-state index in [9.17, 15) is 9.90 Å². The second-order valence-corrected chi connectivity index (χ2v) is 5.28. The van der Waals surface area contributed by atoms with Crippen LogP contribution >= 0.6 is 0 Å². The predicted molar refractivity (Wildman–Crippen MR) is 89.0 cm³/mol. The molecule has 0 fully saturated rings. The fourth-order valence-electron chi connectivity index (χ4n) is 2.28. The van der Waals surface area contributed by atoms with Gasteiger partial charge < -0.3 is 15.7 Å². The monoisotopic (exact) mass is 309 g/mol. The summed E-state index contributed by atoms with van der Waals surface area (Å²) >= 11 is 0. The Hall–Kier alpha value is -2.84. The predicted octanol–water partition coefficient (Wildman–Crippen LogP) is 2.84. The first-order valence-corrected chi connectivity index (χ1v) is 7.37. The second-order valence-electron chi connectivity index (χ2n) is 5.28. The van der Waals surface area contributed by atoms with Gasteiger partial charge in [-0.2, -0.15) is 5.26 Å². The van der Waals surface area contributed by atoms with Crippen LogP contribution in [0.4, 0.5) is 10.5 Å². The van der Waals surface area contributed by atoms with Crippen molar-refractivity contribution in [3.05, 3.63) is 65.7 Å². The molecule has 0 radical (unpaired) electrons. The maximum atomic E-state index is 12.1. The molecule has 0 saturated carbocycles. The Bertz CT molecular complexity index is 678. The van der Waals surface area contributed by atoms with E-state index in [-0.39, 0.29) is 12.5 Å². The lowest BCUT2D eigenvalue weighted by Gasteiger charge is -2.24. The van der Waals surface area contributed by atoms with Gasteiger partial charge in [-0.25, -0.2) is 4.79 Å². The van der Waals surface area contributed by atoms with Gasteiger partial charge in [-0.15, -0.1) is 0 Å². The largest absolute Gasteiger partial charge is 0.394 e. The normalized spacial score (nSPS) is 12.7. The Morgan fingerprint density at radius 1 is 1.17 bits per heavy atom. The number of anilines is 1. The molecule has 2 rings (SSSR count). The van der Waals surface area contributed by atoms with Gasteiger partial charge in [-0.1, -0.05) is 37.3 Å². The molecular weight excluding hydrogens is 290 g/mol. The first-order chi connectivity index (χ1) is 11.1. The fraction of sp³-hybridized carbons (Fsp3) is 0.222. The van der Waals surface area contributed by atoms with Gasteiger partial charge in [0.1, 0.15) is 0 Å². The molecule has 2 atom stereocenters. The quantitative estimate of drug-likeness (QED) is 0.794. The molecule has 0 aliphatic carbocycles. The summed E-state index contributed by atoms with van der Waals surface area (Å²) in [5, 5.41) is 23.8. The van der Waals surface area contributed by atoms with Gasteiger partial charge in [0, 0.05) is 11.6 Å². The number of rotatable bonds is 5. The van der Waals surface area contributed by atoms with Gasteiger partial charge in [-0.05, 0) is 29.8 Å². The maximum Gasteiger partial charge on any atom is 0.319 e. The summed E-state index contributed by atoms with van der Waals surface area (Å²) in [7, 11) is 0. The number of nitrogens with zero attached hydrogens (tertiary/aromatic N) is 1. The van der Waals surface area contributed by atoms with E-state index in [1.165, 1.54) is 0 Å². The van der Waals surface area contributed by atoms with E-state index in [0.29, 0.717) is 11.3 Å². The molecule has 118 valence electrons. The van der Waals surface area contributed by atoms with Crippen molar-refractivity contribution in [2.45, 2.75) is 18.9 Å². The van der Waals surface area contributed by atoms with Crippen molar-refractivity contribution in [1.29, 1.82) is 5.26 Å². The summed E-state index contributed by atoms with van der Waals surface area (Å²) in [5.74, 6) is -0.0204. The van der Waals surface area contributed by atoms with Crippen molar-refractivity contribution >= 4 is 11.7 Å². The van der Waals surface area contributed by atoms with Gasteiger partial charge in [0.25, 0.3) is 0 Å². The molecule has 0 saturated heterocycles. The molecule has 5 nitrogen and oxygen atoms in total. The van der Waals surface area contributed by atoms with Gasteiger partial charge in [0.05, 0.1) is 24.3 Å². The van der Waals surface area contributed by atoms with E-state index in [1.807, 2.05) is 43.3 Å². The third kappa shape index (κ3) is 4.56. The molecule has 5 heteroatoms. The average Bonchev–Trinajstić information content (AvgIpc) is 2.60. The van der Waals surface area contributed by atoms with E-state index in [4.69, 9.17) is 5.26 Å². The number of benzene rings is 2.